The number of guanidine groups is 1. The van der Waals surface area contributed by atoms with E-state index in [4.69, 9.17) is 26.1 Å². The van der Waals surface area contributed by atoms with Gasteiger partial charge in [0.15, 0.2) is 5.96 Å². The molecular formula is C22H35ClN4O3. The van der Waals surface area contributed by atoms with Crippen LogP contribution in [0.4, 0.5) is 5.69 Å². The molecule has 0 aliphatic carbocycles. The molecule has 1 aromatic rings. The molecule has 1 aliphatic rings. The number of piperidine rings is 1. The van der Waals surface area contributed by atoms with Gasteiger partial charge in [0.25, 0.3) is 0 Å². The first-order valence-corrected chi connectivity index (χ1v) is 11.2. The highest BCUT2D eigenvalue weighted by Gasteiger charge is 2.21. The van der Waals surface area contributed by atoms with Gasteiger partial charge in [0, 0.05) is 63.6 Å². The molecule has 1 aromatic carbocycles. The number of anilines is 1. The molecule has 0 bridgehead atoms. The lowest BCUT2D eigenvalue weighted by molar-refractivity contribution is -0.116. The van der Waals surface area contributed by atoms with Crippen LogP contribution in [0.1, 0.15) is 39.0 Å². The first kappa shape index (κ1) is 24.4. The molecule has 2 N–H and O–H groups in total. The van der Waals surface area contributed by atoms with Gasteiger partial charge in [0.05, 0.1) is 6.10 Å². The van der Waals surface area contributed by atoms with E-state index in [1.54, 1.807) is 31.4 Å². The van der Waals surface area contributed by atoms with Gasteiger partial charge in [-0.05, 0) is 56.9 Å². The van der Waals surface area contributed by atoms with Gasteiger partial charge in [0.2, 0.25) is 5.91 Å². The van der Waals surface area contributed by atoms with Crippen LogP contribution in [0.5, 0.6) is 0 Å². The third kappa shape index (κ3) is 9.32. The van der Waals surface area contributed by atoms with Gasteiger partial charge < -0.3 is 25.0 Å². The second-order valence-corrected chi connectivity index (χ2v) is 7.73. The number of hydrogen-bond acceptors (Lipinski definition) is 4. The van der Waals surface area contributed by atoms with Crippen molar-refractivity contribution >= 4 is 29.2 Å². The predicted octanol–water partition coefficient (Wildman–Crippen LogP) is 3.54. The Hall–Kier alpha value is -1.83. The molecule has 1 amide bonds. The normalized spacial score (nSPS) is 15.3. The summed E-state index contributed by atoms with van der Waals surface area (Å²) in [4.78, 5) is 19.1. The molecule has 2 rings (SSSR count). The van der Waals surface area contributed by atoms with E-state index in [2.05, 4.69) is 22.5 Å². The molecule has 168 valence electrons. The van der Waals surface area contributed by atoms with Crippen molar-refractivity contribution in [2.24, 2.45) is 4.99 Å². The van der Waals surface area contributed by atoms with Crippen LogP contribution in [0.3, 0.4) is 0 Å². The number of rotatable bonds is 11. The van der Waals surface area contributed by atoms with E-state index < -0.39 is 0 Å². The van der Waals surface area contributed by atoms with E-state index in [0.717, 1.165) is 63.8 Å². The minimum atomic E-state index is -0.0102. The molecule has 0 atom stereocenters. The van der Waals surface area contributed by atoms with Crippen molar-refractivity contribution in [3.8, 4) is 0 Å². The van der Waals surface area contributed by atoms with Crippen molar-refractivity contribution in [3.05, 3.63) is 29.3 Å². The minimum absolute atomic E-state index is 0.0102. The van der Waals surface area contributed by atoms with Crippen molar-refractivity contribution in [1.29, 1.82) is 0 Å². The Morgan fingerprint density at radius 2 is 1.93 bits per heavy atom. The molecule has 0 aromatic heterocycles. The van der Waals surface area contributed by atoms with E-state index in [9.17, 15) is 4.79 Å². The maximum atomic E-state index is 12.1. The Bertz CT molecular complexity index is 646. The van der Waals surface area contributed by atoms with Gasteiger partial charge in [-0.2, -0.15) is 0 Å². The number of carbonyl (C=O) groups is 1. The Balaban J connectivity index is 1.69. The summed E-state index contributed by atoms with van der Waals surface area (Å²) in [5, 5.41) is 6.90. The second kappa shape index (κ2) is 14.2. The number of aliphatic imine (C=N–C) groups is 1. The molecule has 0 unspecified atom stereocenters. The zero-order valence-corrected chi connectivity index (χ0v) is 18.9. The van der Waals surface area contributed by atoms with E-state index in [1.807, 2.05) is 0 Å². The second-order valence-electron chi connectivity index (χ2n) is 7.30. The van der Waals surface area contributed by atoms with Crippen LogP contribution in [-0.4, -0.2) is 69.4 Å². The molecule has 30 heavy (non-hydrogen) atoms. The van der Waals surface area contributed by atoms with Crippen molar-refractivity contribution in [1.82, 2.24) is 10.2 Å². The fourth-order valence-corrected chi connectivity index (χ4v) is 3.42. The van der Waals surface area contributed by atoms with Crippen molar-refractivity contribution in [2.45, 2.75) is 45.1 Å². The number of nitrogens with one attached hydrogen (secondary N) is 2. The van der Waals surface area contributed by atoms with Gasteiger partial charge in [-0.3, -0.25) is 9.79 Å². The maximum Gasteiger partial charge on any atom is 0.224 e. The Morgan fingerprint density at radius 1 is 1.20 bits per heavy atom. The summed E-state index contributed by atoms with van der Waals surface area (Å²) < 4.78 is 11.0. The quantitative estimate of drug-likeness (QED) is 0.314. The number of halogens is 1. The number of hydrogen-bond donors (Lipinski definition) is 2. The number of nitrogens with zero attached hydrogens (tertiary/aromatic N) is 2. The number of carbonyl (C=O) groups excluding carboxylic acids is 1. The van der Waals surface area contributed by atoms with Crippen LogP contribution in [0.15, 0.2) is 29.3 Å². The van der Waals surface area contributed by atoms with Crippen LogP contribution >= 0.6 is 11.6 Å². The first-order chi connectivity index (χ1) is 14.6. The largest absolute Gasteiger partial charge is 0.385 e. The van der Waals surface area contributed by atoms with Crippen molar-refractivity contribution < 1.29 is 14.3 Å². The SMILES string of the molecule is CCNC(=NCCCC(=O)Nc1ccc(Cl)cc1)N1CCC(OCCCOC)CC1. The topological polar surface area (TPSA) is 75.2 Å². The number of methoxy groups -OCH3 is 1. The van der Waals surface area contributed by atoms with E-state index in [-0.39, 0.29) is 5.91 Å². The monoisotopic (exact) mass is 438 g/mol. The smallest absolute Gasteiger partial charge is 0.224 e. The van der Waals surface area contributed by atoms with Crippen LogP contribution in [0.2, 0.25) is 5.02 Å². The molecule has 8 heteroatoms. The predicted molar refractivity (Wildman–Crippen MR) is 122 cm³/mol. The highest BCUT2D eigenvalue weighted by molar-refractivity contribution is 6.30. The summed E-state index contributed by atoms with van der Waals surface area (Å²) in [6.07, 6.45) is 4.39. The Morgan fingerprint density at radius 3 is 2.60 bits per heavy atom. The van der Waals surface area contributed by atoms with Crippen LogP contribution < -0.4 is 10.6 Å². The highest BCUT2D eigenvalue weighted by Crippen LogP contribution is 2.15. The Labute approximate surface area is 185 Å². The summed E-state index contributed by atoms with van der Waals surface area (Å²) in [5.41, 5.74) is 0.758. The van der Waals surface area contributed by atoms with Gasteiger partial charge >= 0.3 is 0 Å². The maximum absolute atomic E-state index is 12.1. The van der Waals surface area contributed by atoms with Gasteiger partial charge in [-0.15, -0.1) is 0 Å². The number of ether oxygens (including phenoxy) is 2. The number of amides is 1. The van der Waals surface area contributed by atoms with Crippen LogP contribution in [-0.2, 0) is 14.3 Å². The summed E-state index contributed by atoms with van der Waals surface area (Å²) in [7, 11) is 1.71. The fraction of sp³-hybridized carbons (Fsp3) is 0.636. The zero-order chi connectivity index (χ0) is 21.6. The zero-order valence-electron chi connectivity index (χ0n) is 18.2. The highest BCUT2D eigenvalue weighted by atomic mass is 35.5. The molecule has 1 saturated heterocycles. The summed E-state index contributed by atoms with van der Waals surface area (Å²) in [6.45, 7) is 6.86. The Kier molecular flexibility index (Phi) is 11.6. The number of benzene rings is 1. The lowest BCUT2D eigenvalue weighted by Crippen LogP contribution is -2.47. The average molecular weight is 439 g/mol. The van der Waals surface area contributed by atoms with Crippen molar-refractivity contribution in [3.63, 3.8) is 0 Å². The lowest BCUT2D eigenvalue weighted by Gasteiger charge is -2.34. The molecule has 0 spiro atoms. The third-order valence-electron chi connectivity index (χ3n) is 4.87. The molecule has 0 radical (unpaired) electrons. The molecule has 0 saturated carbocycles. The van der Waals surface area contributed by atoms with Gasteiger partial charge in [-0.1, -0.05) is 11.6 Å². The first-order valence-electron chi connectivity index (χ1n) is 10.8. The molecule has 1 aliphatic heterocycles. The summed E-state index contributed by atoms with van der Waals surface area (Å²) in [5.74, 6) is 0.914. The van der Waals surface area contributed by atoms with E-state index in [1.165, 1.54) is 0 Å². The minimum Gasteiger partial charge on any atom is -0.385 e. The molecule has 1 heterocycles. The average Bonchev–Trinajstić information content (AvgIpc) is 2.75. The van der Waals surface area contributed by atoms with E-state index >= 15 is 0 Å². The standard InChI is InChI=1S/C22H35ClN4O3/c1-3-24-22(27-14-11-20(12-15-27)30-17-5-16-29-2)25-13-4-6-21(28)26-19-9-7-18(23)8-10-19/h7-10,20H,3-6,11-17H2,1-2H3,(H,24,25)(H,26,28). The summed E-state index contributed by atoms with van der Waals surface area (Å²) >= 11 is 5.86. The molecule has 1 fully saturated rings. The van der Waals surface area contributed by atoms with Crippen LogP contribution in [0.25, 0.3) is 0 Å². The molecular weight excluding hydrogens is 404 g/mol. The lowest BCUT2D eigenvalue weighted by atomic mass is 10.1. The van der Waals surface area contributed by atoms with Gasteiger partial charge in [0.1, 0.15) is 0 Å². The third-order valence-corrected chi connectivity index (χ3v) is 5.13. The number of likely N-dealkylation sites (tertiary alicyclic amines) is 1. The fourth-order valence-electron chi connectivity index (χ4n) is 3.29. The van der Waals surface area contributed by atoms with E-state index in [0.29, 0.717) is 30.5 Å². The summed E-state index contributed by atoms with van der Waals surface area (Å²) in [6, 6.07) is 7.12. The van der Waals surface area contributed by atoms with Crippen molar-refractivity contribution in [2.75, 3.05) is 51.8 Å². The van der Waals surface area contributed by atoms with Gasteiger partial charge in [-0.25, -0.2) is 0 Å². The molecule has 7 nitrogen and oxygen atoms in total. The van der Waals surface area contributed by atoms with Crippen LogP contribution in [0, 0.1) is 0 Å².